The van der Waals surface area contributed by atoms with E-state index in [9.17, 15) is 5.11 Å². The van der Waals surface area contributed by atoms with Crippen LogP contribution in [-0.2, 0) is 4.74 Å². The second-order valence-corrected chi connectivity index (χ2v) is 7.12. The molecule has 0 radical (unpaired) electrons. The zero-order valence-electron chi connectivity index (χ0n) is 15.7. The molecule has 0 bridgehead atoms. The molecule has 0 aromatic carbocycles. The van der Waals surface area contributed by atoms with Gasteiger partial charge in [0.1, 0.15) is 12.1 Å². The Bertz CT molecular complexity index is 929. The average molecular weight is 390 g/mol. The van der Waals surface area contributed by atoms with Gasteiger partial charge in [-0.05, 0) is 24.7 Å². The second kappa shape index (κ2) is 7.78. The Morgan fingerprint density at radius 1 is 1.11 bits per heavy atom. The van der Waals surface area contributed by atoms with E-state index < -0.39 is 0 Å². The molecule has 0 amide bonds. The van der Waals surface area contributed by atoms with E-state index in [1.54, 1.807) is 6.20 Å². The van der Waals surface area contributed by atoms with Crippen molar-refractivity contribution in [3.8, 4) is 17.4 Å². The number of nitrogens with zero attached hydrogens (tertiary/aromatic N) is 8. The van der Waals surface area contributed by atoms with Crippen LogP contribution in [-0.4, -0.2) is 61.0 Å². The summed E-state index contributed by atoms with van der Waals surface area (Å²) in [6.45, 7) is 3.59. The topological polar surface area (TPSA) is 110 Å². The minimum Gasteiger partial charge on any atom is -0.857 e. The molecule has 3 aromatic rings. The van der Waals surface area contributed by atoms with Crippen LogP contribution in [0.4, 0.5) is 5.82 Å². The van der Waals surface area contributed by atoms with Crippen molar-refractivity contribution >= 4 is 5.82 Å². The van der Waals surface area contributed by atoms with Crippen LogP contribution < -0.4 is 39.6 Å². The third-order valence-electron chi connectivity index (χ3n) is 5.56. The summed E-state index contributed by atoms with van der Waals surface area (Å²) in [4.78, 5) is 10.9. The molecule has 1 spiro atoms. The van der Waals surface area contributed by atoms with Gasteiger partial charge in [0, 0.05) is 31.6 Å². The normalized spacial score (nSPS) is 18.4. The van der Waals surface area contributed by atoms with Gasteiger partial charge in [-0.25, -0.2) is 19.3 Å². The maximum Gasteiger partial charge on any atom is 1.00 e. The van der Waals surface area contributed by atoms with E-state index in [1.807, 2.05) is 6.07 Å². The molecule has 140 valence electrons. The first-order valence-electron chi connectivity index (χ1n) is 9.01. The van der Waals surface area contributed by atoms with Crippen molar-refractivity contribution in [2.75, 3.05) is 31.2 Å². The predicted octanol–water partition coefficient (Wildman–Crippen LogP) is -2.67. The largest absolute Gasteiger partial charge is 1.00 e. The second-order valence-electron chi connectivity index (χ2n) is 7.12. The van der Waals surface area contributed by atoms with Crippen LogP contribution in [0.1, 0.15) is 19.3 Å². The Morgan fingerprint density at radius 3 is 2.64 bits per heavy atom. The van der Waals surface area contributed by atoms with Gasteiger partial charge >= 0.3 is 29.6 Å². The third kappa shape index (κ3) is 3.41. The molecule has 2 fully saturated rings. The maximum atomic E-state index is 12.6. The minimum atomic E-state index is -0.300. The minimum absolute atomic E-state index is 0. The van der Waals surface area contributed by atoms with Crippen LogP contribution in [0.15, 0.2) is 31.0 Å². The van der Waals surface area contributed by atoms with Crippen LogP contribution in [0.2, 0.25) is 0 Å². The summed E-state index contributed by atoms with van der Waals surface area (Å²) in [6.07, 6.45) is 9.39. The van der Waals surface area contributed by atoms with Gasteiger partial charge in [0.05, 0.1) is 30.9 Å². The molecule has 11 heteroatoms. The van der Waals surface area contributed by atoms with Gasteiger partial charge in [0.15, 0.2) is 5.82 Å². The Balaban J connectivity index is 0.00000192. The fraction of sp³-hybridized carbons (Fsp3) is 0.471. The monoisotopic (exact) mass is 390 g/mol. The van der Waals surface area contributed by atoms with Crippen LogP contribution in [0, 0.1) is 5.41 Å². The van der Waals surface area contributed by atoms with E-state index >= 15 is 0 Å². The van der Waals surface area contributed by atoms with E-state index in [0.29, 0.717) is 16.9 Å². The van der Waals surface area contributed by atoms with Gasteiger partial charge in [0.2, 0.25) is 0 Å². The molecule has 0 saturated carbocycles. The van der Waals surface area contributed by atoms with E-state index in [1.165, 1.54) is 28.1 Å². The molecule has 2 saturated heterocycles. The molecule has 10 nitrogen and oxygen atoms in total. The number of rotatable bonds is 3. The smallest absolute Gasteiger partial charge is 0.857 e. The molecule has 3 aromatic heterocycles. The molecule has 0 atom stereocenters. The molecule has 5 rings (SSSR count). The zero-order chi connectivity index (χ0) is 18.3. The van der Waals surface area contributed by atoms with Gasteiger partial charge in [0.25, 0.3) is 0 Å². The summed E-state index contributed by atoms with van der Waals surface area (Å²) in [6, 6.07) is 1.81. The van der Waals surface area contributed by atoms with Crippen molar-refractivity contribution in [2.24, 2.45) is 5.41 Å². The first-order valence-corrected chi connectivity index (χ1v) is 9.01. The Morgan fingerprint density at radius 2 is 1.93 bits per heavy atom. The fourth-order valence-electron chi connectivity index (χ4n) is 3.87. The van der Waals surface area contributed by atoms with Crippen LogP contribution in [0.3, 0.4) is 0 Å². The molecule has 2 aliphatic heterocycles. The van der Waals surface area contributed by atoms with Gasteiger partial charge in [-0.15, -0.1) is 5.10 Å². The van der Waals surface area contributed by atoms with E-state index in [2.05, 4.69) is 30.3 Å². The van der Waals surface area contributed by atoms with E-state index in [4.69, 9.17) is 4.74 Å². The average Bonchev–Trinajstić information content (AvgIpc) is 3.44. The molecule has 2 aliphatic rings. The molecular weight excluding hydrogens is 371 g/mol. The molecule has 0 unspecified atom stereocenters. The molecular formula is C17H19N8NaO2. The van der Waals surface area contributed by atoms with Crippen molar-refractivity contribution in [1.29, 1.82) is 0 Å². The number of piperidine rings is 1. The van der Waals surface area contributed by atoms with Gasteiger partial charge in [-0.3, -0.25) is 0 Å². The number of anilines is 1. The van der Waals surface area contributed by atoms with Crippen LogP contribution in [0.25, 0.3) is 11.5 Å². The maximum absolute atomic E-state index is 12.6. The van der Waals surface area contributed by atoms with E-state index in [0.717, 1.165) is 51.4 Å². The number of hydrogen-bond acceptors (Lipinski definition) is 8. The van der Waals surface area contributed by atoms with Crippen molar-refractivity contribution in [1.82, 2.24) is 34.7 Å². The summed E-state index contributed by atoms with van der Waals surface area (Å²) < 4.78 is 8.25. The molecule has 0 aliphatic carbocycles. The Kier molecular flexibility index (Phi) is 5.37. The quantitative estimate of drug-likeness (QED) is 0.446. The van der Waals surface area contributed by atoms with Crippen LogP contribution in [0.5, 0.6) is 5.88 Å². The fourth-order valence-corrected chi connectivity index (χ4v) is 3.87. The van der Waals surface area contributed by atoms with E-state index in [-0.39, 0.29) is 35.4 Å². The SMILES string of the molecule is [Na+].[O-]c1c(-n2ccnn2)cnn1-c1cc(N2CCC3(CCOC3)CC2)ncn1. The molecule has 28 heavy (non-hydrogen) atoms. The molecule has 5 heterocycles. The Hall–Kier alpha value is -2.01. The summed E-state index contributed by atoms with van der Waals surface area (Å²) >= 11 is 0. The van der Waals surface area contributed by atoms with Gasteiger partial charge in [-0.2, -0.15) is 5.10 Å². The predicted molar refractivity (Wildman–Crippen MR) is 92.8 cm³/mol. The van der Waals surface area contributed by atoms with Gasteiger partial charge < -0.3 is 14.7 Å². The number of hydrogen-bond donors (Lipinski definition) is 0. The number of ether oxygens (including phenoxy) is 1. The standard InChI is InChI=1S/C17H20N8O2.Na/c26-16-13(24-7-4-20-22-24)10-21-25(16)15-9-14(18-12-19-15)23-5-1-17(2-6-23)3-8-27-11-17;/h4,7,9-10,12,26H,1-3,5-6,8,11H2;/q;+1/p-1. The van der Waals surface area contributed by atoms with Crippen molar-refractivity contribution < 1.29 is 39.4 Å². The van der Waals surface area contributed by atoms with Crippen molar-refractivity contribution in [2.45, 2.75) is 19.3 Å². The Labute approximate surface area is 183 Å². The summed E-state index contributed by atoms with van der Waals surface area (Å²) in [5, 5.41) is 24.4. The number of aromatic nitrogens is 7. The molecule has 0 N–H and O–H groups in total. The van der Waals surface area contributed by atoms with Crippen molar-refractivity contribution in [3.63, 3.8) is 0 Å². The van der Waals surface area contributed by atoms with Crippen LogP contribution >= 0.6 is 0 Å². The summed E-state index contributed by atoms with van der Waals surface area (Å²) in [7, 11) is 0. The van der Waals surface area contributed by atoms with Crippen molar-refractivity contribution in [3.05, 3.63) is 31.0 Å². The first kappa shape index (κ1) is 19.3. The zero-order valence-corrected chi connectivity index (χ0v) is 17.7. The summed E-state index contributed by atoms with van der Waals surface area (Å²) in [5.41, 5.74) is 0.664. The van der Waals surface area contributed by atoms with Gasteiger partial charge in [-0.1, -0.05) is 5.21 Å². The third-order valence-corrected chi connectivity index (χ3v) is 5.56. The summed E-state index contributed by atoms with van der Waals surface area (Å²) in [5.74, 6) is 0.956. The first-order chi connectivity index (χ1) is 13.2.